The molecule has 7 heteroatoms. The van der Waals surface area contributed by atoms with E-state index >= 15 is 0 Å². The quantitative estimate of drug-likeness (QED) is 0.816. The first kappa shape index (κ1) is 10.3. The molecular formula is C9H11N5O2. The third kappa shape index (κ3) is 2.08. The highest BCUT2D eigenvalue weighted by atomic mass is 16.5. The molecule has 1 N–H and O–H groups in total. The lowest BCUT2D eigenvalue weighted by atomic mass is 10.3. The van der Waals surface area contributed by atoms with Crippen LogP contribution in [0.5, 0.6) is 5.88 Å². The topological polar surface area (TPSA) is 86.0 Å². The van der Waals surface area contributed by atoms with Crippen molar-refractivity contribution >= 4 is 5.82 Å². The van der Waals surface area contributed by atoms with Crippen LogP contribution in [0.25, 0.3) is 0 Å². The molecule has 0 fully saturated rings. The number of nitrogens with one attached hydrogen (secondary N) is 1. The smallest absolute Gasteiger partial charge is 0.221 e. The van der Waals surface area contributed by atoms with E-state index in [1.807, 2.05) is 6.92 Å². The summed E-state index contributed by atoms with van der Waals surface area (Å²) in [6.45, 7) is 2.31. The highest BCUT2D eigenvalue weighted by Gasteiger charge is 2.07. The molecule has 0 spiro atoms. The Morgan fingerprint density at radius 1 is 1.38 bits per heavy atom. The molecule has 2 aromatic heterocycles. The number of aromatic nitrogens is 4. The number of ether oxygens (including phenoxy) is 1. The van der Waals surface area contributed by atoms with Gasteiger partial charge in [0.05, 0.1) is 19.2 Å². The van der Waals surface area contributed by atoms with Crippen molar-refractivity contribution in [3.63, 3.8) is 0 Å². The Morgan fingerprint density at radius 3 is 2.94 bits per heavy atom. The standard InChI is InChI=1S/C9H11N5O2/c1-6-8(11-4-12-9(6)15-2)10-3-7-13-5-16-14-7/h4-5H,3H2,1-2H3,(H,10,11,12). The highest BCUT2D eigenvalue weighted by Crippen LogP contribution is 2.19. The summed E-state index contributed by atoms with van der Waals surface area (Å²) >= 11 is 0. The van der Waals surface area contributed by atoms with Gasteiger partial charge in [-0.05, 0) is 6.92 Å². The normalized spacial score (nSPS) is 10.1. The Balaban J connectivity index is 2.09. The van der Waals surface area contributed by atoms with Gasteiger partial charge < -0.3 is 14.6 Å². The lowest BCUT2D eigenvalue weighted by Gasteiger charge is -2.08. The minimum atomic E-state index is 0.442. The van der Waals surface area contributed by atoms with Crippen LogP contribution in [0.15, 0.2) is 17.2 Å². The minimum absolute atomic E-state index is 0.442. The van der Waals surface area contributed by atoms with Crippen molar-refractivity contribution in [2.24, 2.45) is 0 Å². The van der Waals surface area contributed by atoms with Gasteiger partial charge >= 0.3 is 0 Å². The molecule has 0 radical (unpaired) electrons. The van der Waals surface area contributed by atoms with E-state index in [1.54, 1.807) is 7.11 Å². The van der Waals surface area contributed by atoms with Crippen LogP contribution in [-0.2, 0) is 6.54 Å². The summed E-state index contributed by atoms with van der Waals surface area (Å²) in [5, 5.41) is 6.75. The zero-order valence-electron chi connectivity index (χ0n) is 8.97. The van der Waals surface area contributed by atoms with Crippen LogP contribution in [0.1, 0.15) is 11.4 Å². The average molecular weight is 221 g/mol. The van der Waals surface area contributed by atoms with Gasteiger partial charge in [0.1, 0.15) is 12.1 Å². The van der Waals surface area contributed by atoms with Crippen LogP contribution >= 0.6 is 0 Å². The molecule has 0 unspecified atom stereocenters. The Hall–Kier alpha value is -2.18. The summed E-state index contributed by atoms with van der Waals surface area (Å²) < 4.78 is 9.70. The van der Waals surface area contributed by atoms with Crippen LogP contribution in [0.3, 0.4) is 0 Å². The van der Waals surface area contributed by atoms with Gasteiger partial charge in [-0.25, -0.2) is 9.97 Å². The summed E-state index contributed by atoms with van der Waals surface area (Å²) in [5.41, 5.74) is 0.841. The maximum Gasteiger partial charge on any atom is 0.221 e. The number of rotatable bonds is 4. The molecule has 0 aliphatic heterocycles. The van der Waals surface area contributed by atoms with Gasteiger partial charge in [-0.2, -0.15) is 4.98 Å². The molecule has 0 atom stereocenters. The van der Waals surface area contributed by atoms with Crippen molar-refractivity contribution in [1.29, 1.82) is 0 Å². The van der Waals surface area contributed by atoms with Crippen molar-refractivity contribution in [2.45, 2.75) is 13.5 Å². The molecule has 2 rings (SSSR count). The van der Waals surface area contributed by atoms with E-state index in [0.29, 0.717) is 24.1 Å². The molecule has 0 bridgehead atoms. The minimum Gasteiger partial charge on any atom is -0.481 e. The maximum absolute atomic E-state index is 5.08. The van der Waals surface area contributed by atoms with Gasteiger partial charge in [0.2, 0.25) is 12.3 Å². The Morgan fingerprint density at radius 2 is 2.25 bits per heavy atom. The third-order valence-corrected chi connectivity index (χ3v) is 2.05. The maximum atomic E-state index is 5.08. The van der Waals surface area contributed by atoms with Crippen LogP contribution in [-0.4, -0.2) is 27.2 Å². The van der Waals surface area contributed by atoms with Crippen molar-refractivity contribution in [1.82, 2.24) is 20.1 Å². The largest absolute Gasteiger partial charge is 0.481 e. The van der Waals surface area contributed by atoms with Crippen molar-refractivity contribution < 1.29 is 9.26 Å². The first-order valence-electron chi connectivity index (χ1n) is 4.66. The van der Waals surface area contributed by atoms with Gasteiger partial charge in [0, 0.05) is 0 Å². The molecule has 84 valence electrons. The Bertz CT molecular complexity index is 457. The van der Waals surface area contributed by atoms with Crippen molar-refractivity contribution in [3.05, 3.63) is 24.1 Å². The zero-order valence-corrected chi connectivity index (χ0v) is 8.97. The Labute approximate surface area is 91.9 Å². The van der Waals surface area contributed by atoms with Gasteiger partial charge in [-0.3, -0.25) is 0 Å². The second-order valence-electron chi connectivity index (χ2n) is 3.06. The van der Waals surface area contributed by atoms with E-state index in [0.717, 1.165) is 5.56 Å². The molecule has 0 saturated heterocycles. The fourth-order valence-electron chi connectivity index (χ4n) is 1.25. The lowest BCUT2D eigenvalue weighted by Crippen LogP contribution is -2.06. The fraction of sp³-hybridized carbons (Fsp3) is 0.333. The van der Waals surface area contributed by atoms with Crippen LogP contribution < -0.4 is 10.1 Å². The van der Waals surface area contributed by atoms with Gasteiger partial charge in [0.25, 0.3) is 0 Å². The van der Waals surface area contributed by atoms with E-state index < -0.39 is 0 Å². The lowest BCUT2D eigenvalue weighted by molar-refractivity contribution is 0.393. The van der Waals surface area contributed by atoms with E-state index in [9.17, 15) is 0 Å². The molecule has 2 heterocycles. The molecule has 0 saturated carbocycles. The summed E-state index contributed by atoms with van der Waals surface area (Å²) in [6, 6.07) is 0. The van der Waals surface area contributed by atoms with Crippen LogP contribution in [0, 0.1) is 6.92 Å². The number of methoxy groups -OCH3 is 1. The van der Waals surface area contributed by atoms with Crippen LogP contribution in [0.2, 0.25) is 0 Å². The predicted molar refractivity (Wildman–Crippen MR) is 54.9 cm³/mol. The molecule has 0 aliphatic carbocycles. The van der Waals surface area contributed by atoms with E-state index in [1.165, 1.54) is 12.7 Å². The monoisotopic (exact) mass is 221 g/mol. The molecule has 2 aromatic rings. The summed E-state index contributed by atoms with van der Waals surface area (Å²) in [7, 11) is 1.57. The number of hydrogen-bond donors (Lipinski definition) is 1. The van der Waals surface area contributed by atoms with Gasteiger partial charge in [-0.15, -0.1) is 0 Å². The van der Waals surface area contributed by atoms with Crippen molar-refractivity contribution in [3.8, 4) is 5.88 Å². The highest BCUT2D eigenvalue weighted by molar-refractivity contribution is 5.47. The number of nitrogens with zero attached hydrogens (tertiary/aromatic N) is 4. The average Bonchev–Trinajstić information content (AvgIpc) is 2.81. The zero-order chi connectivity index (χ0) is 11.4. The second-order valence-corrected chi connectivity index (χ2v) is 3.06. The summed E-state index contributed by atoms with van der Waals surface area (Å²) in [4.78, 5) is 12.0. The first-order valence-corrected chi connectivity index (χ1v) is 4.66. The molecule has 0 amide bonds. The van der Waals surface area contributed by atoms with Crippen molar-refractivity contribution in [2.75, 3.05) is 12.4 Å². The number of hydrogen-bond acceptors (Lipinski definition) is 7. The van der Waals surface area contributed by atoms with Gasteiger partial charge in [-0.1, -0.05) is 5.16 Å². The fourth-order valence-corrected chi connectivity index (χ4v) is 1.25. The molecular weight excluding hydrogens is 210 g/mol. The Kier molecular flexibility index (Phi) is 2.95. The third-order valence-electron chi connectivity index (χ3n) is 2.05. The van der Waals surface area contributed by atoms with E-state index in [2.05, 4.69) is 29.9 Å². The first-order chi connectivity index (χ1) is 7.81. The summed E-state index contributed by atoms with van der Waals surface area (Å²) in [6.07, 6.45) is 2.72. The molecule has 7 nitrogen and oxygen atoms in total. The predicted octanol–water partition coefficient (Wildman–Crippen LogP) is 0.789. The van der Waals surface area contributed by atoms with Crippen LogP contribution in [0.4, 0.5) is 5.82 Å². The molecule has 0 aromatic carbocycles. The molecule has 0 aliphatic rings. The van der Waals surface area contributed by atoms with E-state index in [-0.39, 0.29) is 0 Å². The summed E-state index contributed by atoms with van der Waals surface area (Å²) in [5.74, 6) is 1.80. The van der Waals surface area contributed by atoms with Gasteiger partial charge in [0.15, 0.2) is 5.82 Å². The number of anilines is 1. The second kappa shape index (κ2) is 4.56. The SMILES string of the molecule is COc1ncnc(NCc2ncon2)c1C. The molecule has 16 heavy (non-hydrogen) atoms. The van der Waals surface area contributed by atoms with E-state index in [4.69, 9.17) is 4.74 Å².